The lowest BCUT2D eigenvalue weighted by molar-refractivity contribution is -0.129. The molecule has 0 saturated carbocycles. The summed E-state index contributed by atoms with van der Waals surface area (Å²) >= 11 is 0. The summed E-state index contributed by atoms with van der Waals surface area (Å²) in [6, 6.07) is 21.5. The topological polar surface area (TPSA) is 34.5 Å². The fraction of sp³-hybridized carbons (Fsp3) is 0.150. The third kappa shape index (κ3) is 2.27. The second kappa shape index (κ2) is 5.89. The number of ether oxygens (including phenoxy) is 1. The van der Waals surface area contributed by atoms with Gasteiger partial charge in [-0.05, 0) is 42.0 Å². The van der Waals surface area contributed by atoms with Crippen LogP contribution in [0.5, 0.6) is 5.75 Å². The highest BCUT2D eigenvalue weighted by atomic mass is 16.5. The van der Waals surface area contributed by atoms with Gasteiger partial charge in [-0.25, -0.2) is 0 Å². The van der Waals surface area contributed by atoms with E-state index in [0.29, 0.717) is 0 Å². The van der Waals surface area contributed by atoms with Crippen molar-refractivity contribution in [3.63, 3.8) is 0 Å². The molecule has 120 valence electrons. The van der Waals surface area contributed by atoms with Crippen molar-refractivity contribution < 1.29 is 9.53 Å². The number of carbonyl (C=O) groups is 1. The number of anilines is 1. The molecule has 1 saturated heterocycles. The molecule has 3 aromatic rings. The van der Waals surface area contributed by atoms with Crippen LogP contribution in [0.25, 0.3) is 0 Å². The van der Waals surface area contributed by atoms with Crippen molar-refractivity contribution in [3.8, 4) is 5.75 Å². The lowest BCUT2D eigenvalue weighted by Gasteiger charge is -2.48. The van der Waals surface area contributed by atoms with Gasteiger partial charge < -0.3 is 14.2 Å². The zero-order valence-electron chi connectivity index (χ0n) is 13.4. The molecular weight excluding hydrogens is 300 g/mol. The zero-order chi connectivity index (χ0) is 16.5. The summed E-state index contributed by atoms with van der Waals surface area (Å²) in [6.07, 6.45) is 3.90. The van der Waals surface area contributed by atoms with Crippen molar-refractivity contribution >= 4 is 11.6 Å². The fourth-order valence-corrected chi connectivity index (χ4v) is 3.31. The van der Waals surface area contributed by atoms with E-state index in [0.717, 1.165) is 17.0 Å². The van der Waals surface area contributed by atoms with Gasteiger partial charge in [0.2, 0.25) is 0 Å². The van der Waals surface area contributed by atoms with Crippen LogP contribution in [0.3, 0.4) is 0 Å². The molecule has 4 heteroatoms. The quantitative estimate of drug-likeness (QED) is 0.685. The van der Waals surface area contributed by atoms with Gasteiger partial charge in [0.15, 0.2) is 0 Å². The van der Waals surface area contributed by atoms with Crippen LogP contribution < -0.4 is 9.64 Å². The number of carbonyl (C=O) groups excluding carboxylic acids is 1. The summed E-state index contributed by atoms with van der Waals surface area (Å²) in [4.78, 5) is 14.7. The van der Waals surface area contributed by atoms with Gasteiger partial charge in [-0.3, -0.25) is 4.79 Å². The number of methoxy groups -OCH3 is 1. The van der Waals surface area contributed by atoms with E-state index in [4.69, 9.17) is 4.74 Å². The highest BCUT2D eigenvalue weighted by molar-refractivity contribution is 6.04. The summed E-state index contributed by atoms with van der Waals surface area (Å²) < 4.78 is 7.20. The van der Waals surface area contributed by atoms with E-state index in [-0.39, 0.29) is 18.0 Å². The van der Waals surface area contributed by atoms with Gasteiger partial charge in [0.05, 0.1) is 13.2 Å². The van der Waals surface area contributed by atoms with Crippen LogP contribution in [0.2, 0.25) is 0 Å². The predicted octanol–water partition coefficient (Wildman–Crippen LogP) is 3.83. The maximum absolute atomic E-state index is 12.9. The van der Waals surface area contributed by atoms with Crippen LogP contribution >= 0.6 is 0 Å². The van der Waals surface area contributed by atoms with E-state index < -0.39 is 0 Å². The second-order valence-electron chi connectivity index (χ2n) is 5.84. The van der Waals surface area contributed by atoms with Gasteiger partial charge in [-0.1, -0.05) is 30.3 Å². The summed E-state index contributed by atoms with van der Waals surface area (Å²) in [6.45, 7) is 0. The van der Waals surface area contributed by atoms with Crippen LogP contribution in [0, 0.1) is 0 Å². The van der Waals surface area contributed by atoms with Crippen molar-refractivity contribution in [3.05, 3.63) is 84.7 Å². The monoisotopic (exact) mass is 318 g/mol. The molecule has 24 heavy (non-hydrogen) atoms. The summed E-state index contributed by atoms with van der Waals surface area (Å²) in [5.74, 6) is 0.884. The Morgan fingerprint density at radius 3 is 2.12 bits per heavy atom. The van der Waals surface area contributed by atoms with E-state index in [1.165, 1.54) is 0 Å². The number of rotatable bonds is 4. The summed E-state index contributed by atoms with van der Waals surface area (Å²) in [7, 11) is 1.64. The average molecular weight is 318 g/mol. The van der Waals surface area contributed by atoms with E-state index >= 15 is 0 Å². The Bertz CT molecular complexity index is 826. The molecular formula is C20H18N2O2. The molecule has 4 rings (SSSR count). The van der Waals surface area contributed by atoms with Gasteiger partial charge in [0.25, 0.3) is 5.91 Å². The molecule has 1 fully saturated rings. The minimum atomic E-state index is -0.204. The zero-order valence-corrected chi connectivity index (χ0v) is 13.4. The molecule has 0 N–H and O–H groups in total. The van der Waals surface area contributed by atoms with E-state index in [1.54, 1.807) is 7.11 Å². The number of amides is 1. The van der Waals surface area contributed by atoms with E-state index in [9.17, 15) is 4.79 Å². The average Bonchev–Trinajstić information content (AvgIpc) is 3.15. The maximum Gasteiger partial charge on any atom is 0.253 e. The van der Waals surface area contributed by atoms with Crippen LogP contribution in [-0.4, -0.2) is 17.6 Å². The lowest BCUT2D eigenvalue weighted by atomic mass is 9.87. The molecule has 2 heterocycles. The highest BCUT2D eigenvalue weighted by Gasteiger charge is 2.49. The molecule has 1 amide bonds. The number of benzene rings is 2. The first kappa shape index (κ1) is 14.6. The Labute approximate surface area is 140 Å². The SMILES string of the molecule is COc1ccc(N2C(=O)[C@@H](n3cccc3)[C@@H]2c2ccccc2)cc1. The largest absolute Gasteiger partial charge is 0.497 e. The Balaban J connectivity index is 1.74. The summed E-state index contributed by atoms with van der Waals surface area (Å²) in [5, 5.41) is 0. The molecule has 0 spiro atoms. The first-order chi connectivity index (χ1) is 11.8. The third-order valence-corrected chi connectivity index (χ3v) is 4.51. The first-order valence-electron chi connectivity index (χ1n) is 7.94. The normalized spacial score (nSPS) is 19.9. The molecule has 0 aliphatic carbocycles. The Morgan fingerprint density at radius 1 is 0.833 bits per heavy atom. The third-order valence-electron chi connectivity index (χ3n) is 4.51. The van der Waals surface area contributed by atoms with E-state index in [1.807, 2.05) is 76.5 Å². The van der Waals surface area contributed by atoms with Gasteiger partial charge >= 0.3 is 0 Å². The van der Waals surface area contributed by atoms with Gasteiger partial charge in [0, 0.05) is 18.1 Å². The van der Waals surface area contributed by atoms with Crippen molar-refractivity contribution in [1.82, 2.24) is 4.57 Å². The molecule has 0 bridgehead atoms. The molecule has 2 atom stereocenters. The molecule has 1 aromatic heterocycles. The van der Waals surface area contributed by atoms with Crippen LogP contribution in [0.1, 0.15) is 17.6 Å². The predicted molar refractivity (Wildman–Crippen MR) is 93.1 cm³/mol. The fourth-order valence-electron chi connectivity index (χ4n) is 3.31. The number of aromatic nitrogens is 1. The lowest BCUT2D eigenvalue weighted by Crippen LogP contribution is -2.55. The molecule has 1 aliphatic heterocycles. The smallest absolute Gasteiger partial charge is 0.253 e. The van der Waals surface area contributed by atoms with Crippen molar-refractivity contribution in [1.29, 1.82) is 0 Å². The number of hydrogen-bond donors (Lipinski definition) is 0. The molecule has 0 unspecified atom stereocenters. The molecule has 1 aliphatic rings. The Morgan fingerprint density at radius 2 is 1.50 bits per heavy atom. The van der Waals surface area contributed by atoms with Gasteiger partial charge in [-0.2, -0.15) is 0 Å². The van der Waals surface area contributed by atoms with Crippen LogP contribution in [0.15, 0.2) is 79.1 Å². The minimum Gasteiger partial charge on any atom is -0.497 e. The standard InChI is InChI=1S/C20H18N2O2/c1-24-17-11-9-16(10-12-17)22-18(15-7-3-2-4-8-15)19(20(22)23)21-13-5-6-14-21/h2-14,18-19H,1H3/t18-,19-/m0/s1. The van der Waals surface area contributed by atoms with Crippen molar-refractivity contribution in [2.24, 2.45) is 0 Å². The van der Waals surface area contributed by atoms with Crippen molar-refractivity contribution in [2.45, 2.75) is 12.1 Å². The van der Waals surface area contributed by atoms with Crippen LogP contribution in [-0.2, 0) is 4.79 Å². The highest BCUT2D eigenvalue weighted by Crippen LogP contribution is 2.46. The molecule has 0 radical (unpaired) electrons. The van der Waals surface area contributed by atoms with Crippen molar-refractivity contribution in [2.75, 3.05) is 12.0 Å². The Hall–Kier alpha value is -3.01. The first-order valence-corrected chi connectivity index (χ1v) is 7.94. The summed E-state index contributed by atoms with van der Waals surface area (Å²) in [5.41, 5.74) is 2.02. The van der Waals surface area contributed by atoms with Crippen LogP contribution in [0.4, 0.5) is 5.69 Å². The molecule has 4 nitrogen and oxygen atoms in total. The Kier molecular flexibility index (Phi) is 3.58. The van der Waals surface area contributed by atoms with Gasteiger partial charge in [-0.15, -0.1) is 0 Å². The number of hydrogen-bond acceptors (Lipinski definition) is 2. The van der Waals surface area contributed by atoms with E-state index in [2.05, 4.69) is 12.1 Å². The number of β-lactam (4-membered cyclic amide) rings is 1. The maximum atomic E-state index is 12.9. The second-order valence-corrected chi connectivity index (χ2v) is 5.84. The van der Waals surface area contributed by atoms with Gasteiger partial charge in [0.1, 0.15) is 11.8 Å². The minimum absolute atomic E-state index is 0.0144. The number of nitrogens with zero attached hydrogens (tertiary/aromatic N) is 2. The molecule has 2 aromatic carbocycles.